The lowest BCUT2D eigenvalue weighted by molar-refractivity contribution is -0.137. The number of amides is 1. The van der Waals surface area contributed by atoms with Gasteiger partial charge in [-0.25, -0.2) is 0 Å². The summed E-state index contributed by atoms with van der Waals surface area (Å²) >= 11 is 1.13. The van der Waals surface area contributed by atoms with Crippen LogP contribution in [0.15, 0.2) is 53.9 Å². The van der Waals surface area contributed by atoms with E-state index < -0.39 is 17.6 Å². The van der Waals surface area contributed by atoms with Gasteiger partial charge >= 0.3 is 6.18 Å². The monoisotopic (exact) mass is 437 g/mol. The minimum atomic E-state index is -4.48. The Bertz CT molecular complexity index is 995. The van der Waals surface area contributed by atoms with Crippen LogP contribution >= 0.6 is 11.8 Å². The Balaban J connectivity index is 1.69. The molecule has 1 amide bonds. The van der Waals surface area contributed by atoms with E-state index in [4.69, 9.17) is 4.74 Å². The van der Waals surface area contributed by atoms with Gasteiger partial charge in [-0.15, -0.1) is 10.2 Å². The maximum absolute atomic E-state index is 12.8. The summed E-state index contributed by atoms with van der Waals surface area (Å²) in [5.74, 6) is 0.110. The Labute approximate surface area is 174 Å². The highest BCUT2D eigenvalue weighted by atomic mass is 32.2. The first-order chi connectivity index (χ1) is 14.4. The number of hydrogen-bond donors (Lipinski definition) is 1. The predicted octanol–water partition coefficient (Wildman–Crippen LogP) is 3.74. The van der Waals surface area contributed by atoms with Crippen LogP contribution < -0.4 is 5.32 Å². The first-order valence-corrected chi connectivity index (χ1v) is 9.79. The Morgan fingerprint density at radius 3 is 2.67 bits per heavy atom. The molecule has 0 aliphatic rings. The molecule has 7 nitrogen and oxygen atoms in total. The molecule has 0 saturated heterocycles. The Hall–Kier alpha value is -2.92. The molecule has 1 N–H and O–H groups in total. The fourth-order valence-corrected chi connectivity index (χ4v) is 3.36. The van der Waals surface area contributed by atoms with Crippen molar-refractivity contribution in [3.05, 3.63) is 54.4 Å². The average molecular weight is 437 g/mol. The zero-order valence-electron chi connectivity index (χ0n) is 15.9. The third-order valence-electron chi connectivity index (χ3n) is 3.98. The van der Waals surface area contributed by atoms with Crippen molar-refractivity contribution in [2.24, 2.45) is 0 Å². The normalized spacial score (nSPS) is 11.5. The van der Waals surface area contributed by atoms with E-state index in [0.717, 1.165) is 29.5 Å². The van der Waals surface area contributed by atoms with Crippen LogP contribution in [0.3, 0.4) is 0 Å². The summed E-state index contributed by atoms with van der Waals surface area (Å²) in [5, 5.41) is 11.3. The average Bonchev–Trinajstić information content (AvgIpc) is 3.13. The summed E-state index contributed by atoms with van der Waals surface area (Å²) in [7, 11) is 1.58. The molecule has 0 saturated carbocycles. The Morgan fingerprint density at radius 2 is 1.97 bits per heavy atom. The molecule has 0 aliphatic carbocycles. The lowest BCUT2D eigenvalue weighted by atomic mass is 10.2. The molecule has 3 aromatic rings. The number of halogens is 3. The van der Waals surface area contributed by atoms with E-state index in [2.05, 4.69) is 20.5 Å². The number of pyridine rings is 1. The first kappa shape index (κ1) is 21.8. The van der Waals surface area contributed by atoms with Crippen molar-refractivity contribution < 1.29 is 22.7 Å². The summed E-state index contributed by atoms with van der Waals surface area (Å²) < 4.78 is 45.4. The van der Waals surface area contributed by atoms with Crippen molar-refractivity contribution >= 4 is 23.4 Å². The molecule has 0 atom stereocenters. The molecule has 2 heterocycles. The van der Waals surface area contributed by atoms with E-state index in [0.29, 0.717) is 24.1 Å². The number of aromatic nitrogens is 4. The second kappa shape index (κ2) is 9.72. The highest BCUT2D eigenvalue weighted by molar-refractivity contribution is 7.99. The van der Waals surface area contributed by atoms with E-state index in [9.17, 15) is 18.0 Å². The van der Waals surface area contributed by atoms with Gasteiger partial charge in [0.15, 0.2) is 11.0 Å². The van der Waals surface area contributed by atoms with Gasteiger partial charge in [0.25, 0.3) is 0 Å². The summed E-state index contributed by atoms with van der Waals surface area (Å²) in [6, 6.07) is 8.08. The van der Waals surface area contributed by atoms with Crippen molar-refractivity contribution in [1.82, 2.24) is 19.7 Å². The van der Waals surface area contributed by atoms with Crippen LogP contribution in [0.4, 0.5) is 18.9 Å². The van der Waals surface area contributed by atoms with E-state index in [1.165, 1.54) is 12.1 Å². The standard InChI is InChI=1S/C19H18F3N5O2S/c1-29-10-9-27-17(13-5-7-23-8-6-13)25-26-18(27)30-12-16(28)24-15-4-2-3-14(11-15)19(20,21)22/h2-8,11H,9-10,12H2,1H3,(H,24,28). The van der Waals surface area contributed by atoms with Crippen molar-refractivity contribution in [3.63, 3.8) is 0 Å². The number of rotatable bonds is 8. The molecule has 0 bridgehead atoms. The molecular weight excluding hydrogens is 419 g/mol. The third-order valence-corrected chi connectivity index (χ3v) is 4.95. The zero-order chi connectivity index (χ0) is 21.6. The lowest BCUT2D eigenvalue weighted by Crippen LogP contribution is -2.16. The van der Waals surface area contributed by atoms with Crippen molar-refractivity contribution in [2.45, 2.75) is 17.9 Å². The fourth-order valence-electron chi connectivity index (χ4n) is 2.59. The van der Waals surface area contributed by atoms with Crippen LogP contribution in [-0.4, -0.2) is 45.1 Å². The Morgan fingerprint density at radius 1 is 1.20 bits per heavy atom. The quantitative estimate of drug-likeness (QED) is 0.541. The van der Waals surface area contributed by atoms with E-state index in [1.807, 2.05) is 4.57 Å². The number of anilines is 1. The van der Waals surface area contributed by atoms with Gasteiger partial charge in [0, 0.05) is 30.8 Å². The van der Waals surface area contributed by atoms with Gasteiger partial charge in [0.2, 0.25) is 5.91 Å². The van der Waals surface area contributed by atoms with Crippen LogP contribution in [0, 0.1) is 0 Å². The van der Waals surface area contributed by atoms with Gasteiger partial charge in [-0.3, -0.25) is 14.3 Å². The van der Waals surface area contributed by atoms with Gasteiger partial charge in [-0.1, -0.05) is 17.8 Å². The van der Waals surface area contributed by atoms with Crippen LogP contribution in [0.1, 0.15) is 5.56 Å². The van der Waals surface area contributed by atoms with Gasteiger partial charge in [0.05, 0.1) is 24.5 Å². The molecule has 0 spiro atoms. The molecule has 11 heteroatoms. The summed E-state index contributed by atoms with van der Waals surface area (Å²) in [4.78, 5) is 16.2. The van der Waals surface area contributed by atoms with E-state index in [-0.39, 0.29) is 11.4 Å². The molecule has 30 heavy (non-hydrogen) atoms. The second-order valence-electron chi connectivity index (χ2n) is 6.10. The van der Waals surface area contributed by atoms with Crippen molar-refractivity contribution in [3.8, 4) is 11.4 Å². The molecule has 158 valence electrons. The second-order valence-corrected chi connectivity index (χ2v) is 7.04. The van der Waals surface area contributed by atoms with E-state index >= 15 is 0 Å². The number of hydrogen-bond acceptors (Lipinski definition) is 6. The van der Waals surface area contributed by atoms with Crippen LogP contribution in [0.5, 0.6) is 0 Å². The van der Waals surface area contributed by atoms with Crippen LogP contribution in [0.25, 0.3) is 11.4 Å². The van der Waals surface area contributed by atoms with E-state index in [1.54, 1.807) is 31.6 Å². The molecule has 0 aliphatic heterocycles. The fraction of sp³-hybridized carbons (Fsp3) is 0.263. The summed E-state index contributed by atoms with van der Waals surface area (Å²) in [5.41, 5.74) is 0.0666. The zero-order valence-corrected chi connectivity index (χ0v) is 16.7. The number of nitrogens with zero attached hydrogens (tertiary/aromatic N) is 4. The number of benzene rings is 1. The lowest BCUT2D eigenvalue weighted by Gasteiger charge is -2.11. The number of thioether (sulfide) groups is 1. The minimum absolute atomic E-state index is 0.0439. The summed E-state index contributed by atoms with van der Waals surface area (Å²) in [6.45, 7) is 0.888. The molecule has 0 unspecified atom stereocenters. The maximum atomic E-state index is 12.8. The number of carbonyl (C=O) groups is 1. The van der Waals surface area contributed by atoms with Gasteiger partial charge < -0.3 is 10.1 Å². The first-order valence-electron chi connectivity index (χ1n) is 8.81. The van der Waals surface area contributed by atoms with Crippen molar-refractivity contribution in [1.29, 1.82) is 0 Å². The number of methoxy groups -OCH3 is 1. The maximum Gasteiger partial charge on any atom is 0.416 e. The van der Waals surface area contributed by atoms with Crippen LogP contribution in [0.2, 0.25) is 0 Å². The molecule has 0 fully saturated rings. The minimum Gasteiger partial charge on any atom is -0.383 e. The molecule has 0 radical (unpaired) electrons. The molecule has 3 rings (SSSR count). The Kier molecular flexibility index (Phi) is 7.06. The van der Waals surface area contributed by atoms with Crippen LogP contribution in [-0.2, 0) is 22.3 Å². The number of alkyl halides is 3. The summed E-state index contributed by atoms with van der Waals surface area (Å²) in [6.07, 6.45) is -1.20. The molecule has 2 aromatic heterocycles. The van der Waals surface area contributed by atoms with Gasteiger partial charge in [-0.05, 0) is 30.3 Å². The number of carbonyl (C=O) groups excluding carboxylic acids is 1. The highest BCUT2D eigenvalue weighted by Gasteiger charge is 2.30. The third kappa shape index (κ3) is 5.57. The van der Waals surface area contributed by atoms with Gasteiger partial charge in [0.1, 0.15) is 0 Å². The number of ether oxygens (including phenoxy) is 1. The SMILES string of the molecule is COCCn1c(SCC(=O)Nc2cccc(C(F)(F)F)c2)nnc1-c1ccncc1. The molecular formula is C19H18F3N5O2S. The predicted molar refractivity (Wildman–Crippen MR) is 106 cm³/mol. The van der Waals surface area contributed by atoms with Crippen molar-refractivity contribution in [2.75, 3.05) is 24.8 Å². The topological polar surface area (TPSA) is 81.9 Å². The highest BCUT2D eigenvalue weighted by Crippen LogP contribution is 2.31. The molecule has 1 aromatic carbocycles. The number of nitrogens with one attached hydrogen (secondary N) is 1. The smallest absolute Gasteiger partial charge is 0.383 e. The van der Waals surface area contributed by atoms with Gasteiger partial charge in [-0.2, -0.15) is 13.2 Å². The largest absolute Gasteiger partial charge is 0.416 e.